The summed E-state index contributed by atoms with van der Waals surface area (Å²) >= 11 is 0. The number of aromatic hydroxyl groups is 1. The Morgan fingerprint density at radius 1 is 0.949 bits per heavy atom. The molecule has 0 saturated heterocycles. The normalized spacial score (nSPS) is 12.2. The zero-order chi connectivity index (χ0) is 27.4. The minimum absolute atomic E-state index is 0.0332. The van der Waals surface area contributed by atoms with Crippen LogP contribution >= 0.6 is 0 Å². The van der Waals surface area contributed by atoms with Crippen LogP contribution in [0.25, 0.3) is 10.8 Å². The van der Waals surface area contributed by atoms with Crippen LogP contribution in [-0.4, -0.2) is 23.6 Å². The Balaban J connectivity index is 1.48. The number of hydrogen-bond acceptors (Lipinski definition) is 8. The summed E-state index contributed by atoms with van der Waals surface area (Å²) in [5.41, 5.74) is 2.87. The van der Waals surface area contributed by atoms with Gasteiger partial charge in [0.1, 0.15) is 17.2 Å². The number of fused-ring (bicyclic) bond motifs is 2. The van der Waals surface area contributed by atoms with Gasteiger partial charge in [0.15, 0.2) is 5.75 Å². The number of amides is 1. The molecule has 1 aliphatic rings. The minimum Gasteiger partial charge on any atom is -0.505 e. The number of nitrogens with one attached hydrogen (secondary N) is 3. The van der Waals surface area contributed by atoms with Crippen LogP contribution in [0.4, 0.5) is 28.4 Å². The number of azo groups is 1. The van der Waals surface area contributed by atoms with Crippen LogP contribution in [0, 0.1) is 0 Å². The molecule has 4 aromatic carbocycles. The van der Waals surface area contributed by atoms with Crippen molar-refractivity contribution in [2.45, 2.75) is 19.8 Å². The lowest BCUT2D eigenvalue weighted by molar-refractivity contribution is 0.0500. The number of anilines is 3. The van der Waals surface area contributed by atoms with Gasteiger partial charge in [0.25, 0.3) is 5.91 Å². The number of phenols is 1. The molecule has 0 unspecified atom stereocenters. The van der Waals surface area contributed by atoms with Crippen LogP contribution in [0.1, 0.15) is 40.5 Å². The fourth-order valence-electron chi connectivity index (χ4n) is 4.21. The van der Waals surface area contributed by atoms with Gasteiger partial charge in [0, 0.05) is 11.1 Å². The molecule has 0 aromatic heterocycles. The summed E-state index contributed by atoms with van der Waals surface area (Å²) in [7, 11) is 0. The topological polar surface area (TPSA) is 124 Å². The molecule has 196 valence electrons. The first kappa shape index (κ1) is 25.5. The molecule has 9 heteroatoms. The third-order valence-electron chi connectivity index (χ3n) is 6.20. The molecule has 1 amide bonds. The molecule has 0 aliphatic carbocycles. The summed E-state index contributed by atoms with van der Waals surface area (Å²) in [6.45, 7) is 6.17. The van der Waals surface area contributed by atoms with Crippen LogP contribution in [0.15, 0.2) is 95.4 Å². The molecule has 0 saturated carbocycles. The fourth-order valence-corrected chi connectivity index (χ4v) is 4.21. The van der Waals surface area contributed by atoms with Gasteiger partial charge in [0.05, 0.1) is 29.1 Å². The molecule has 0 spiro atoms. The van der Waals surface area contributed by atoms with E-state index in [0.717, 1.165) is 24.2 Å². The number of unbranched alkanes of at least 4 members (excludes halogenated alkanes) is 1. The lowest BCUT2D eigenvalue weighted by Gasteiger charge is -2.12. The van der Waals surface area contributed by atoms with E-state index in [0.29, 0.717) is 28.9 Å². The zero-order valence-corrected chi connectivity index (χ0v) is 21.3. The number of carbonyl (C=O) groups excluding carboxylic acids is 2. The van der Waals surface area contributed by atoms with E-state index < -0.39 is 11.9 Å². The molecule has 0 atom stereocenters. The van der Waals surface area contributed by atoms with Gasteiger partial charge in [-0.1, -0.05) is 56.3 Å². The Morgan fingerprint density at radius 3 is 2.56 bits per heavy atom. The van der Waals surface area contributed by atoms with Gasteiger partial charge in [-0.05, 0) is 48.2 Å². The van der Waals surface area contributed by atoms with Crippen LogP contribution < -0.4 is 16.0 Å². The molecule has 1 heterocycles. The summed E-state index contributed by atoms with van der Waals surface area (Å²) < 4.78 is 5.34. The van der Waals surface area contributed by atoms with E-state index in [9.17, 15) is 14.7 Å². The monoisotopic (exact) mass is 521 g/mol. The third-order valence-corrected chi connectivity index (χ3v) is 6.20. The SMILES string of the molecule is C=C1Nc2ccc(NC(=O)c3cc4ccccc4c(N=Nc4ccccc4C(=O)OCCCC)c3O)cc2N1. The minimum atomic E-state index is -0.515. The van der Waals surface area contributed by atoms with Gasteiger partial charge in [-0.2, -0.15) is 0 Å². The number of ether oxygens (including phenoxy) is 1. The number of rotatable bonds is 8. The van der Waals surface area contributed by atoms with Crippen molar-refractivity contribution in [3.05, 3.63) is 96.3 Å². The Morgan fingerprint density at radius 2 is 1.72 bits per heavy atom. The molecule has 1 aliphatic heterocycles. The maximum Gasteiger partial charge on any atom is 0.340 e. The average Bonchev–Trinajstić information content (AvgIpc) is 3.31. The van der Waals surface area contributed by atoms with E-state index in [1.54, 1.807) is 54.6 Å². The standard InChI is InChI=1S/C30H27N5O4/c1-3-4-15-39-30(38)22-11-7-8-12-24(22)34-35-27-21-10-6-5-9-19(21)16-23(28(27)36)29(37)33-20-13-14-25-26(17-20)32-18(2)31-25/h5-14,16-17,31-32,36H,2-4,15H2,1H3,(H,33,37). The third kappa shape index (κ3) is 5.42. The molecular formula is C30H27N5O4. The highest BCUT2D eigenvalue weighted by Gasteiger charge is 2.20. The largest absolute Gasteiger partial charge is 0.505 e. The second-order valence-electron chi connectivity index (χ2n) is 8.99. The van der Waals surface area contributed by atoms with Crippen LogP contribution in [-0.2, 0) is 4.74 Å². The lowest BCUT2D eigenvalue weighted by atomic mass is 10.0. The predicted octanol–water partition coefficient (Wildman–Crippen LogP) is 7.48. The number of carbonyl (C=O) groups is 2. The molecule has 4 N–H and O–H groups in total. The van der Waals surface area contributed by atoms with Crippen molar-refractivity contribution in [3.8, 4) is 5.75 Å². The highest BCUT2D eigenvalue weighted by Crippen LogP contribution is 2.40. The van der Waals surface area contributed by atoms with E-state index >= 15 is 0 Å². The number of benzene rings is 4. The second-order valence-corrected chi connectivity index (χ2v) is 8.99. The molecular weight excluding hydrogens is 494 g/mol. The Hall–Kier alpha value is -5.18. The van der Waals surface area contributed by atoms with Crippen molar-refractivity contribution in [1.82, 2.24) is 0 Å². The van der Waals surface area contributed by atoms with Crippen LogP contribution in [0.3, 0.4) is 0 Å². The van der Waals surface area contributed by atoms with E-state index in [-0.39, 0.29) is 28.3 Å². The highest BCUT2D eigenvalue weighted by atomic mass is 16.5. The van der Waals surface area contributed by atoms with Gasteiger partial charge in [0.2, 0.25) is 0 Å². The Kier molecular flexibility index (Phi) is 7.22. The molecule has 9 nitrogen and oxygen atoms in total. The molecule has 39 heavy (non-hydrogen) atoms. The first-order valence-corrected chi connectivity index (χ1v) is 12.6. The molecule has 0 fully saturated rings. The van der Waals surface area contributed by atoms with Crippen molar-refractivity contribution < 1.29 is 19.4 Å². The van der Waals surface area contributed by atoms with Crippen molar-refractivity contribution in [1.29, 1.82) is 0 Å². The van der Waals surface area contributed by atoms with E-state index in [2.05, 4.69) is 32.8 Å². The number of esters is 1. The van der Waals surface area contributed by atoms with Gasteiger partial charge in [-0.3, -0.25) is 4.79 Å². The smallest absolute Gasteiger partial charge is 0.340 e. The van der Waals surface area contributed by atoms with Gasteiger partial charge < -0.3 is 25.8 Å². The van der Waals surface area contributed by atoms with Crippen molar-refractivity contribution >= 4 is 51.1 Å². The zero-order valence-electron chi connectivity index (χ0n) is 21.3. The highest BCUT2D eigenvalue weighted by molar-refractivity contribution is 6.12. The molecule has 4 aromatic rings. The van der Waals surface area contributed by atoms with E-state index in [1.807, 2.05) is 25.1 Å². The first-order valence-electron chi connectivity index (χ1n) is 12.6. The summed E-state index contributed by atoms with van der Waals surface area (Å²) in [6, 6.07) is 20.9. The lowest BCUT2D eigenvalue weighted by Crippen LogP contribution is -2.12. The van der Waals surface area contributed by atoms with Gasteiger partial charge in [-0.15, -0.1) is 10.2 Å². The van der Waals surface area contributed by atoms with E-state index in [4.69, 9.17) is 4.74 Å². The predicted molar refractivity (Wildman–Crippen MR) is 152 cm³/mol. The summed E-state index contributed by atoms with van der Waals surface area (Å²) in [5.74, 6) is -0.694. The van der Waals surface area contributed by atoms with Gasteiger partial charge in [-0.25, -0.2) is 4.79 Å². The number of phenolic OH excluding ortho intramolecular Hbond substituents is 1. The van der Waals surface area contributed by atoms with Crippen LogP contribution in [0.2, 0.25) is 0 Å². The summed E-state index contributed by atoms with van der Waals surface area (Å²) in [6.07, 6.45) is 1.67. The second kappa shape index (κ2) is 11.1. The maximum atomic E-state index is 13.3. The van der Waals surface area contributed by atoms with Crippen molar-refractivity contribution in [2.24, 2.45) is 10.2 Å². The number of nitrogens with zero attached hydrogens (tertiary/aromatic N) is 2. The quantitative estimate of drug-likeness (QED) is 0.108. The first-order chi connectivity index (χ1) is 18.9. The van der Waals surface area contributed by atoms with Gasteiger partial charge >= 0.3 is 5.97 Å². The average molecular weight is 522 g/mol. The van der Waals surface area contributed by atoms with Crippen LogP contribution in [0.5, 0.6) is 5.75 Å². The number of hydrogen-bond donors (Lipinski definition) is 4. The Labute approximate surface area is 225 Å². The fraction of sp³-hybridized carbons (Fsp3) is 0.133. The van der Waals surface area contributed by atoms with Crippen molar-refractivity contribution in [3.63, 3.8) is 0 Å². The van der Waals surface area contributed by atoms with Crippen molar-refractivity contribution in [2.75, 3.05) is 22.6 Å². The molecule has 0 radical (unpaired) electrons. The Bertz CT molecular complexity index is 1630. The maximum absolute atomic E-state index is 13.3. The molecule has 0 bridgehead atoms. The molecule has 5 rings (SSSR count). The van der Waals surface area contributed by atoms with E-state index in [1.165, 1.54) is 0 Å². The summed E-state index contributed by atoms with van der Waals surface area (Å²) in [4.78, 5) is 25.9. The summed E-state index contributed by atoms with van der Waals surface area (Å²) in [5, 5.41) is 30.1.